The molecule has 0 saturated carbocycles. The average molecular weight is 328 g/mol. The number of benzene rings is 1. The molecule has 1 aromatic carbocycles. The van der Waals surface area contributed by atoms with Crippen molar-refractivity contribution >= 4 is 16.9 Å². The highest BCUT2D eigenvalue weighted by molar-refractivity contribution is 5.88. The van der Waals surface area contributed by atoms with Gasteiger partial charge in [-0.15, -0.1) is 0 Å². The van der Waals surface area contributed by atoms with Gasteiger partial charge in [-0.05, 0) is 45.9 Å². The molecule has 0 spiro atoms. The van der Waals surface area contributed by atoms with Crippen LogP contribution in [-0.4, -0.2) is 17.7 Å². The van der Waals surface area contributed by atoms with Crippen LogP contribution in [-0.2, 0) is 16.0 Å². The number of hydrogen-bond donors (Lipinski definition) is 0. The quantitative estimate of drug-likeness (QED) is 0.480. The van der Waals surface area contributed by atoms with Crippen molar-refractivity contribution in [1.29, 1.82) is 0 Å². The Morgan fingerprint density at radius 2 is 2.00 bits per heavy atom. The monoisotopic (exact) mass is 328 g/mol. The molecule has 5 nitrogen and oxygen atoms in total. The number of rotatable bonds is 2. The smallest absolute Gasteiger partial charge is 0.336 e. The van der Waals surface area contributed by atoms with Crippen molar-refractivity contribution in [3.05, 3.63) is 51.9 Å². The topological polar surface area (TPSA) is 65.7 Å². The van der Waals surface area contributed by atoms with Crippen molar-refractivity contribution in [2.75, 3.05) is 0 Å². The van der Waals surface area contributed by atoms with Gasteiger partial charge in [0.15, 0.2) is 0 Å². The lowest BCUT2D eigenvalue weighted by Gasteiger charge is -2.39. The third kappa shape index (κ3) is 2.82. The molecule has 0 aliphatic carbocycles. The zero-order valence-electron chi connectivity index (χ0n) is 14.2. The molecule has 126 valence electrons. The lowest BCUT2D eigenvalue weighted by atomic mass is 9.90. The highest BCUT2D eigenvalue weighted by Crippen LogP contribution is 2.38. The molecule has 0 fully saturated rings. The molecule has 0 N–H and O–H groups in total. The van der Waals surface area contributed by atoms with Crippen LogP contribution in [0.1, 0.15) is 33.3 Å². The van der Waals surface area contributed by atoms with Crippen LogP contribution >= 0.6 is 0 Å². The van der Waals surface area contributed by atoms with Gasteiger partial charge in [-0.3, -0.25) is 0 Å². The van der Waals surface area contributed by atoms with Gasteiger partial charge in [0.1, 0.15) is 23.0 Å². The van der Waals surface area contributed by atoms with Crippen molar-refractivity contribution in [1.82, 2.24) is 0 Å². The molecule has 0 bridgehead atoms. The fourth-order valence-corrected chi connectivity index (χ4v) is 2.76. The summed E-state index contributed by atoms with van der Waals surface area (Å²) in [6.07, 6.45) is 1.65. The molecule has 2 heterocycles. The molecule has 2 aromatic rings. The maximum Gasteiger partial charge on any atom is 0.336 e. The van der Waals surface area contributed by atoms with E-state index in [1.807, 2.05) is 26.0 Å². The molecule has 24 heavy (non-hydrogen) atoms. The second-order valence-electron chi connectivity index (χ2n) is 6.49. The van der Waals surface area contributed by atoms with Gasteiger partial charge in [0.2, 0.25) is 0 Å². The van der Waals surface area contributed by atoms with E-state index in [0.29, 0.717) is 23.3 Å². The summed E-state index contributed by atoms with van der Waals surface area (Å²) < 4.78 is 17.0. The van der Waals surface area contributed by atoms with Crippen LogP contribution in [0.2, 0.25) is 0 Å². The average Bonchev–Trinajstić information content (AvgIpc) is 2.54. The normalized spacial score (nSPS) is 19.5. The Bertz CT molecular complexity index is 888. The Hall–Kier alpha value is -2.56. The molecule has 1 aliphatic heterocycles. The van der Waals surface area contributed by atoms with Crippen molar-refractivity contribution in [3.63, 3.8) is 0 Å². The minimum absolute atomic E-state index is 0.371. The standard InChI is InChI=1S/C19H20O5/c1-5-11(2)18(21)22-15-10-13-14(24-19(15,3)4)8-6-12-7-9-16(20)23-17(12)13/h5-9,15H,10H2,1-4H3/t15-/m0/s1. The third-order valence-electron chi connectivity index (χ3n) is 4.39. The van der Waals surface area contributed by atoms with Crippen LogP contribution < -0.4 is 10.4 Å². The molecule has 3 rings (SSSR count). The lowest BCUT2D eigenvalue weighted by Crippen LogP contribution is -2.49. The zero-order valence-corrected chi connectivity index (χ0v) is 14.2. The van der Waals surface area contributed by atoms with Gasteiger partial charge in [0.05, 0.1) is 0 Å². The summed E-state index contributed by atoms with van der Waals surface area (Å²) in [6.45, 7) is 7.26. The molecule has 1 aromatic heterocycles. The number of fused-ring (bicyclic) bond motifs is 3. The molecular weight excluding hydrogens is 308 g/mol. The first-order valence-electron chi connectivity index (χ1n) is 7.90. The van der Waals surface area contributed by atoms with E-state index in [1.165, 1.54) is 6.07 Å². The molecule has 5 heteroatoms. The van der Waals surface area contributed by atoms with Crippen molar-refractivity contribution in [2.45, 2.75) is 45.8 Å². The summed E-state index contributed by atoms with van der Waals surface area (Å²) in [5.74, 6) is 0.279. The first kappa shape index (κ1) is 16.3. The van der Waals surface area contributed by atoms with Crippen molar-refractivity contribution < 1.29 is 18.7 Å². The van der Waals surface area contributed by atoms with E-state index in [4.69, 9.17) is 13.9 Å². The van der Waals surface area contributed by atoms with Crippen molar-refractivity contribution in [2.24, 2.45) is 0 Å². The van der Waals surface area contributed by atoms with Gasteiger partial charge in [-0.1, -0.05) is 6.08 Å². The predicted octanol–water partition coefficient (Wildman–Crippen LogP) is 3.38. The minimum atomic E-state index is -0.681. The summed E-state index contributed by atoms with van der Waals surface area (Å²) in [5.41, 5.74) is 0.680. The van der Waals surface area contributed by atoms with Gasteiger partial charge in [0.25, 0.3) is 0 Å². The summed E-state index contributed by atoms with van der Waals surface area (Å²) in [7, 11) is 0. The van der Waals surface area contributed by atoms with E-state index in [-0.39, 0.29) is 5.97 Å². The van der Waals surface area contributed by atoms with E-state index in [1.54, 1.807) is 26.0 Å². The van der Waals surface area contributed by atoms with Gasteiger partial charge in [-0.2, -0.15) is 0 Å². The maximum atomic E-state index is 12.1. The van der Waals surface area contributed by atoms with Crippen LogP contribution in [0.15, 0.2) is 45.1 Å². The Morgan fingerprint density at radius 1 is 1.29 bits per heavy atom. The van der Waals surface area contributed by atoms with Gasteiger partial charge in [-0.25, -0.2) is 9.59 Å². The van der Waals surface area contributed by atoms with E-state index in [0.717, 1.165) is 10.9 Å². The van der Waals surface area contributed by atoms with Gasteiger partial charge < -0.3 is 13.9 Å². The molecule has 0 saturated heterocycles. The molecule has 1 aliphatic rings. The second kappa shape index (κ2) is 5.82. The van der Waals surface area contributed by atoms with Crippen molar-refractivity contribution in [3.8, 4) is 5.75 Å². The van der Waals surface area contributed by atoms with Crippen LogP contribution in [0.25, 0.3) is 11.0 Å². The lowest BCUT2D eigenvalue weighted by molar-refractivity contribution is -0.156. The Balaban J connectivity index is 2.04. The minimum Gasteiger partial charge on any atom is -0.484 e. The Morgan fingerprint density at radius 3 is 2.71 bits per heavy atom. The maximum absolute atomic E-state index is 12.1. The van der Waals surface area contributed by atoms with Crippen LogP contribution in [0.5, 0.6) is 5.75 Å². The fourth-order valence-electron chi connectivity index (χ4n) is 2.76. The fraction of sp³-hybridized carbons (Fsp3) is 0.368. The highest BCUT2D eigenvalue weighted by atomic mass is 16.6. The van der Waals surface area contributed by atoms with Gasteiger partial charge >= 0.3 is 11.6 Å². The van der Waals surface area contributed by atoms with Crippen LogP contribution in [0.3, 0.4) is 0 Å². The summed E-state index contributed by atoms with van der Waals surface area (Å²) in [4.78, 5) is 23.7. The van der Waals surface area contributed by atoms with E-state index in [9.17, 15) is 9.59 Å². The zero-order chi connectivity index (χ0) is 17.5. The highest BCUT2D eigenvalue weighted by Gasteiger charge is 2.41. The molecule has 0 amide bonds. The predicted molar refractivity (Wildman–Crippen MR) is 90.2 cm³/mol. The van der Waals surface area contributed by atoms with Gasteiger partial charge in [0, 0.05) is 29.0 Å². The molecule has 0 unspecified atom stereocenters. The van der Waals surface area contributed by atoms with E-state index in [2.05, 4.69) is 0 Å². The Kier molecular flexibility index (Phi) is 3.95. The van der Waals surface area contributed by atoms with E-state index >= 15 is 0 Å². The number of carbonyl (C=O) groups excluding carboxylic acids is 1. The van der Waals surface area contributed by atoms with E-state index < -0.39 is 17.3 Å². The number of carbonyl (C=O) groups is 1. The second-order valence-corrected chi connectivity index (χ2v) is 6.49. The SMILES string of the molecule is CC=C(C)C(=O)O[C@H]1Cc2c(ccc3ccc(=O)oc23)OC1(C)C. The summed E-state index contributed by atoms with van der Waals surface area (Å²) >= 11 is 0. The Labute approximate surface area is 139 Å². The molecular formula is C19H20O5. The van der Waals surface area contributed by atoms with Crippen LogP contribution in [0.4, 0.5) is 0 Å². The largest absolute Gasteiger partial charge is 0.484 e. The number of esters is 1. The summed E-state index contributed by atoms with van der Waals surface area (Å²) in [6, 6.07) is 6.81. The van der Waals surface area contributed by atoms with Crippen LogP contribution in [0, 0.1) is 0 Å². The third-order valence-corrected chi connectivity index (χ3v) is 4.39. The summed E-state index contributed by atoms with van der Waals surface area (Å²) in [5, 5.41) is 0.811. The number of allylic oxidation sites excluding steroid dienone is 1. The first-order chi connectivity index (χ1) is 11.3. The number of hydrogen-bond acceptors (Lipinski definition) is 5. The number of ether oxygens (including phenoxy) is 2. The first-order valence-corrected chi connectivity index (χ1v) is 7.90. The molecule has 0 radical (unpaired) electrons. The molecule has 1 atom stereocenters.